The van der Waals surface area contributed by atoms with Crippen LogP contribution in [0.5, 0.6) is 5.75 Å². The summed E-state index contributed by atoms with van der Waals surface area (Å²) in [4.78, 5) is 45.7. The maximum atomic E-state index is 12.8. The molecule has 10 heteroatoms. The first-order valence-corrected chi connectivity index (χ1v) is 12.9. The third kappa shape index (κ3) is 5.33. The van der Waals surface area contributed by atoms with Gasteiger partial charge in [-0.25, -0.2) is 15.0 Å². The van der Waals surface area contributed by atoms with Crippen LogP contribution in [0.15, 0.2) is 36.7 Å². The summed E-state index contributed by atoms with van der Waals surface area (Å²) in [6, 6.07) is 7.65. The largest absolute Gasteiger partial charge is 0.494 e. The normalized spacial score (nSPS) is 12.5. The van der Waals surface area contributed by atoms with Crippen LogP contribution in [-0.2, 0) is 9.59 Å². The van der Waals surface area contributed by atoms with Gasteiger partial charge in [0, 0.05) is 42.5 Å². The first-order valence-electron chi connectivity index (χ1n) is 12.1. The SMILES string of the molecule is COc1cnc(C)cc1-c1cc(N(C)C(=O)CN(C)C=O)ccc1-c1nc2ncc(C#CC3CC3)nc2s1. The highest BCUT2D eigenvalue weighted by Crippen LogP contribution is 2.41. The molecule has 0 radical (unpaired) electrons. The number of fused-ring (bicyclic) bond motifs is 1. The number of carbonyl (C=O) groups excluding carboxylic acids is 2. The van der Waals surface area contributed by atoms with Gasteiger partial charge in [0.05, 0.1) is 26.0 Å². The molecule has 1 aliphatic carbocycles. The van der Waals surface area contributed by atoms with Gasteiger partial charge in [-0.1, -0.05) is 17.3 Å². The molecule has 0 N–H and O–H groups in total. The predicted octanol–water partition coefficient (Wildman–Crippen LogP) is 3.94. The van der Waals surface area contributed by atoms with Gasteiger partial charge in [-0.05, 0) is 55.5 Å². The van der Waals surface area contributed by atoms with Gasteiger partial charge in [-0.15, -0.1) is 0 Å². The predicted molar refractivity (Wildman–Crippen MR) is 147 cm³/mol. The molecule has 192 valence electrons. The lowest BCUT2D eigenvalue weighted by Gasteiger charge is -2.22. The van der Waals surface area contributed by atoms with Crippen molar-refractivity contribution < 1.29 is 14.3 Å². The molecular weight excluding hydrogens is 500 g/mol. The number of methoxy groups -OCH3 is 1. The van der Waals surface area contributed by atoms with E-state index in [0.717, 1.165) is 40.2 Å². The Balaban J connectivity index is 1.61. The number of anilines is 1. The molecule has 0 unspecified atom stereocenters. The summed E-state index contributed by atoms with van der Waals surface area (Å²) in [5.74, 6) is 7.20. The quantitative estimate of drug-likeness (QED) is 0.266. The Hall–Kier alpha value is -4.36. The van der Waals surface area contributed by atoms with Gasteiger partial charge in [0.25, 0.3) is 0 Å². The van der Waals surface area contributed by atoms with Crippen LogP contribution in [0.25, 0.3) is 32.2 Å². The average molecular weight is 527 g/mol. The van der Waals surface area contributed by atoms with Crippen LogP contribution in [-0.4, -0.2) is 64.9 Å². The van der Waals surface area contributed by atoms with Crippen LogP contribution >= 0.6 is 11.3 Å². The number of hydrogen-bond donors (Lipinski definition) is 0. The van der Waals surface area contributed by atoms with E-state index in [1.54, 1.807) is 33.6 Å². The fraction of sp³-hybridized carbons (Fsp3) is 0.286. The minimum atomic E-state index is -0.218. The van der Waals surface area contributed by atoms with Crippen molar-refractivity contribution in [1.29, 1.82) is 0 Å². The Labute approximate surface area is 224 Å². The van der Waals surface area contributed by atoms with E-state index in [1.165, 1.54) is 21.1 Å². The molecule has 0 saturated heterocycles. The zero-order chi connectivity index (χ0) is 26.8. The third-order valence-electron chi connectivity index (χ3n) is 6.18. The zero-order valence-electron chi connectivity index (χ0n) is 21.6. The highest BCUT2D eigenvalue weighted by atomic mass is 32.1. The van der Waals surface area contributed by atoms with E-state index >= 15 is 0 Å². The fourth-order valence-electron chi connectivity index (χ4n) is 3.87. The van der Waals surface area contributed by atoms with Crippen molar-refractivity contribution in [3.8, 4) is 39.3 Å². The Kier molecular flexibility index (Phi) is 7.03. The summed E-state index contributed by atoms with van der Waals surface area (Å²) in [5, 5.41) is 0.736. The molecule has 0 bridgehead atoms. The first kappa shape index (κ1) is 25.3. The smallest absolute Gasteiger partial charge is 0.246 e. The van der Waals surface area contributed by atoms with Crippen molar-refractivity contribution in [2.75, 3.05) is 32.6 Å². The number of benzene rings is 1. The highest BCUT2D eigenvalue weighted by Gasteiger charge is 2.21. The van der Waals surface area contributed by atoms with Crippen molar-refractivity contribution in [3.05, 3.63) is 48.0 Å². The third-order valence-corrected chi connectivity index (χ3v) is 7.15. The summed E-state index contributed by atoms with van der Waals surface area (Å²) < 4.78 is 5.64. The van der Waals surface area contributed by atoms with Crippen LogP contribution < -0.4 is 9.64 Å². The molecular formula is C28H26N6O3S. The van der Waals surface area contributed by atoms with Gasteiger partial charge in [-0.3, -0.25) is 14.6 Å². The fourth-order valence-corrected chi connectivity index (χ4v) is 4.81. The lowest BCUT2D eigenvalue weighted by molar-refractivity contribution is -0.125. The van der Waals surface area contributed by atoms with Crippen LogP contribution in [0, 0.1) is 24.7 Å². The number of pyridine rings is 1. The van der Waals surface area contributed by atoms with E-state index in [1.807, 2.05) is 31.2 Å². The minimum Gasteiger partial charge on any atom is -0.494 e. The van der Waals surface area contributed by atoms with Gasteiger partial charge in [0.15, 0.2) is 10.5 Å². The molecule has 0 spiro atoms. The number of carbonyl (C=O) groups is 2. The van der Waals surface area contributed by atoms with E-state index in [4.69, 9.17) is 9.72 Å². The standard InChI is InChI=1S/C28H26N6O3S/c1-17-11-23(24(37-4)14-29-17)22-12-20(34(3)25(36)15-33(2)16-35)9-10-21(22)27-32-26-28(38-27)31-19(13-30-26)8-7-18-5-6-18/h9-14,16,18H,5-6,15H2,1-4H3. The average Bonchev–Trinajstić information content (AvgIpc) is 3.67. The van der Waals surface area contributed by atoms with Gasteiger partial charge < -0.3 is 14.5 Å². The second-order valence-electron chi connectivity index (χ2n) is 9.18. The first-order chi connectivity index (χ1) is 18.4. The minimum absolute atomic E-state index is 0.0318. The van der Waals surface area contributed by atoms with Gasteiger partial charge in [0.1, 0.15) is 16.5 Å². The number of aromatic nitrogens is 4. The summed E-state index contributed by atoms with van der Waals surface area (Å²) in [7, 11) is 4.85. The van der Waals surface area contributed by atoms with E-state index in [9.17, 15) is 9.59 Å². The molecule has 1 fully saturated rings. The monoisotopic (exact) mass is 526 g/mol. The summed E-state index contributed by atoms with van der Waals surface area (Å²) in [6.07, 6.45) is 6.28. The molecule has 5 rings (SSSR count). The van der Waals surface area contributed by atoms with E-state index in [2.05, 4.69) is 26.8 Å². The van der Waals surface area contributed by atoms with Gasteiger partial charge in [-0.2, -0.15) is 0 Å². The highest BCUT2D eigenvalue weighted by molar-refractivity contribution is 7.21. The van der Waals surface area contributed by atoms with Crippen molar-refractivity contribution in [1.82, 2.24) is 24.8 Å². The number of ether oxygens (including phenoxy) is 1. The molecule has 0 aliphatic heterocycles. The number of aryl methyl sites for hydroxylation is 1. The Bertz CT molecular complexity index is 1600. The number of hydrogen-bond acceptors (Lipinski definition) is 8. The van der Waals surface area contributed by atoms with Crippen molar-refractivity contribution >= 4 is 39.8 Å². The number of thiazole rings is 1. The maximum absolute atomic E-state index is 12.8. The number of amides is 2. The Morgan fingerprint density at radius 1 is 1.13 bits per heavy atom. The Morgan fingerprint density at radius 2 is 1.95 bits per heavy atom. The van der Waals surface area contributed by atoms with Gasteiger partial charge >= 0.3 is 0 Å². The lowest BCUT2D eigenvalue weighted by atomic mass is 9.98. The van der Waals surface area contributed by atoms with E-state index < -0.39 is 0 Å². The lowest BCUT2D eigenvalue weighted by Crippen LogP contribution is -2.36. The molecule has 2 amide bonds. The van der Waals surface area contributed by atoms with Crippen LogP contribution in [0.1, 0.15) is 24.2 Å². The molecule has 38 heavy (non-hydrogen) atoms. The topological polar surface area (TPSA) is 101 Å². The molecule has 1 aliphatic rings. The molecule has 1 saturated carbocycles. The summed E-state index contributed by atoms with van der Waals surface area (Å²) >= 11 is 1.44. The molecule has 1 aromatic carbocycles. The molecule has 9 nitrogen and oxygen atoms in total. The second-order valence-corrected chi connectivity index (χ2v) is 10.2. The molecule has 0 atom stereocenters. The Morgan fingerprint density at radius 3 is 2.68 bits per heavy atom. The summed E-state index contributed by atoms with van der Waals surface area (Å²) in [5.41, 5.74) is 5.17. The number of rotatable bonds is 7. The van der Waals surface area contributed by atoms with E-state index in [-0.39, 0.29) is 12.5 Å². The van der Waals surface area contributed by atoms with Crippen molar-refractivity contribution in [2.45, 2.75) is 19.8 Å². The molecule has 4 aromatic rings. The molecule has 3 heterocycles. The van der Waals surface area contributed by atoms with Crippen LogP contribution in [0.4, 0.5) is 5.69 Å². The maximum Gasteiger partial charge on any atom is 0.246 e. The number of nitrogens with zero attached hydrogens (tertiary/aromatic N) is 6. The second kappa shape index (κ2) is 10.6. The van der Waals surface area contributed by atoms with E-state index in [0.29, 0.717) is 39.9 Å². The van der Waals surface area contributed by atoms with Gasteiger partial charge in [0.2, 0.25) is 12.3 Å². The van der Waals surface area contributed by atoms with Crippen LogP contribution in [0.2, 0.25) is 0 Å². The molecule has 3 aromatic heterocycles. The van der Waals surface area contributed by atoms with Crippen molar-refractivity contribution in [3.63, 3.8) is 0 Å². The zero-order valence-corrected chi connectivity index (χ0v) is 22.4. The number of likely N-dealkylation sites (N-methyl/N-ethyl adjacent to an activating group) is 2. The summed E-state index contributed by atoms with van der Waals surface area (Å²) in [6.45, 7) is 1.88. The van der Waals surface area contributed by atoms with Crippen LogP contribution in [0.3, 0.4) is 0 Å². The van der Waals surface area contributed by atoms with Crippen molar-refractivity contribution in [2.24, 2.45) is 5.92 Å².